The highest BCUT2D eigenvalue weighted by atomic mass is 32.2. The van der Waals surface area contributed by atoms with Gasteiger partial charge in [0, 0.05) is 13.1 Å². The lowest BCUT2D eigenvalue weighted by molar-refractivity contribution is 0.0471. The van der Waals surface area contributed by atoms with Gasteiger partial charge in [-0.25, -0.2) is 13.2 Å². The molecule has 0 amide bonds. The first-order chi connectivity index (χ1) is 13.4. The van der Waals surface area contributed by atoms with Crippen LogP contribution in [0.25, 0.3) is 0 Å². The molecule has 0 saturated carbocycles. The first-order valence-corrected chi connectivity index (χ1v) is 10.6. The summed E-state index contributed by atoms with van der Waals surface area (Å²) in [7, 11) is -3.61. The maximum atomic E-state index is 12.9. The van der Waals surface area contributed by atoms with Crippen LogP contribution in [-0.2, 0) is 21.4 Å². The molecular formula is C21H22N2O4S. The Kier molecular flexibility index (Phi) is 6.12. The van der Waals surface area contributed by atoms with Crippen LogP contribution in [0.4, 0.5) is 0 Å². The highest BCUT2D eigenvalue weighted by molar-refractivity contribution is 7.89. The first-order valence-electron chi connectivity index (χ1n) is 9.19. The Morgan fingerprint density at radius 1 is 1.11 bits per heavy atom. The predicted molar refractivity (Wildman–Crippen MR) is 104 cm³/mol. The van der Waals surface area contributed by atoms with E-state index >= 15 is 0 Å². The zero-order valence-corrected chi connectivity index (χ0v) is 16.5. The Morgan fingerprint density at radius 3 is 2.43 bits per heavy atom. The Morgan fingerprint density at radius 2 is 1.79 bits per heavy atom. The fraction of sp³-hybridized carbons (Fsp3) is 0.333. The van der Waals surface area contributed by atoms with Gasteiger partial charge >= 0.3 is 5.97 Å². The standard InChI is InChI=1S/C21H22N2O4S/c1-16-5-10-19(28(25,26)23-11-3-2-4-12-23)13-20(16)21(24)27-15-18-8-6-17(14-22)7-9-18/h5-10,13H,2-4,11-12,15H2,1H3. The van der Waals surface area contributed by atoms with E-state index in [1.807, 2.05) is 6.07 Å². The summed E-state index contributed by atoms with van der Waals surface area (Å²) in [5, 5.41) is 8.82. The maximum Gasteiger partial charge on any atom is 0.338 e. The molecule has 1 fully saturated rings. The molecule has 146 valence electrons. The van der Waals surface area contributed by atoms with Crippen molar-refractivity contribution in [3.8, 4) is 6.07 Å². The maximum absolute atomic E-state index is 12.9. The van der Waals surface area contributed by atoms with Crippen molar-refractivity contribution in [3.63, 3.8) is 0 Å². The minimum Gasteiger partial charge on any atom is -0.457 e. The Hall–Kier alpha value is -2.69. The van der Waals surface area contributed by atoms with Crippen LogP contribution < -0.4 is 0 Å². The third-order valence-electron chi connectivity index (χ3n) is 4.83. The zero-order chi connectivity index (χ0) is 20.1. The van der Waals surface area contributed by atoms with Gasteiger partial charge in [-0.1, -0.05) is 24.6 Å². The number of carbonyl (C=O) groups is 1. The molecule has 0 aromatic heterocycles. The minimum absolute atomic E-state index is 0.0487. The molecule has 2 aromatic rings. The van der Waals surface area contributed by atoms with Crippen LogP contribution in [0, 0.1) is 18.3 Å². The van der Waals surface area contributed by atoms with Gasteiger partial charge in [-0.3, -0.25) is 0 Å². The number of sulfonamides is 1. The molecule has 0 spiro atoms. The summed E-state index contributed by atoms with van der Waals surface area (Å²) in [5.74, 6) is -0.572. The second-order valence-electron chi connectivity index (χ2n) is 6.83. The molecule has 0 radical (unpaired) electrons. The van der Waals surface area contributed by atoms with Crippen molar-refractivity contribution in [2.24, 2.45) is 0 Å². The van der Waals surface area contributed by atoms with Crippen molar-refractivity contribution in [2.75, 3.05) is 13.1 Å². The Bertz CT molecular complexity index is 1000. The average molecular weight is 398 g/mol. The van der Waals surface area contributed by atoms with Gasteiger partial charge < -0.3 is 4.74 Å². The zero-order valence-electron chi connectivity index (χ0n) is 15.7. The lowest BCUT2D eigenvalue weighted by atomic mass is 10.1. The molecule has 0 aliphatic carbocycles. The van der Waals surface area contributed by atoms with E-state index in [2.05, 4.69) is 0 Å². The van der Waals surface area contributed by atoms with Crippen molar-refractivity contribution in [1.82, 2.24) is 4.31 Å². The lowest BCUT2D eigenvalue weighted by Gasteiger charge is -2.26. The minimum atomic E-state index is -3.61. The number of nitrogens with zero attached hydrogens (tertiary/aromatic N) is 2. The molecule has 0 N–H and O–H groups in total. The van der Waals surface area contributed by atoms with Crippen molar-refractivity contribution in [3.05, 3.63) is 64.7 Å². The molecule has 0 bridgehead atoms. The van der Waals surface area contributed by atoms with Gasteiger partial charge in [-0.05, 0) is 55.2 Å². The number of benzene rings is 2. The van der Waals surface area contributed by atoms with E-state index in [-0.39, 0.29) is 17.1 Å². The average Bonchev–Trinajstić information content (AvgIpc) is 2.73. The number of esters is 1. The first kappa shape index (κ1) is 20.1. The van der Waals surface area contributed by atoms with E-state index in [1.165, 1.54) is 16.4 Å². The van der Waals surface area contributed by atoms with Crippen molar-refractivity contribution >= 4 is 16.0 Å². The normalized spacial score (nSPS) is 15.0. The predicted octanol–water partition coefficient (Wildman–Crippen LogP) is 3.40. The van der Waals surface area contributed by atoms with E-state index in [4.69, 9.17) is 10.00 Å². The molecule has 2 aromatic carbocycles. The van der Waals surface area contributed by atoms with Crippen molar-refractivity contribution in [2.45, 2.75) is 37.7 Å². The molecule has 1 saturated heterocycles. The topological polar surface area (TPSA) is 87.5 Å². The summed E-state index contributed by atoms with van der Waals surface area (Å²) in [6.07, 6.45) is 2.74. The quantitative estimate of drug-likeness (QED) is 0.721. The van der Waals surface area contributed by atoms with Crippen LogP contribution in [0.3, 0.4) is 0 Å². The number of piperidine rings is 1. The van der Waals surface area contributed by atoms with Gasteiger partial charge in [0.15, 0.2) is 0 Å². The van der Waals surface area contributed by atoms with Crippen LogP contribution in [0.1, 0.15) is 46.3 Å². The third kappa shape index (κ3) is 4.41. The Balaban J connectivity index is 1.76. The van der Waals surface area contributed by atoms with Crippen LogP contribution in [0.5, 0.6) is 0 Å². The largest absolute Gasteiger partial charge is 0.457 e. The van der Waals surface area contributed by atoms with Gasteiger partial charge in [0.05, 0.1) is 22.1 Å². The summed E-state index contributed by atoms with van der Waals surface area (Å²) in [4.78, 5) is 12.7. The van der Waals surface area contributed by atoms with E-state index in [9.17, 15) is 13.2 Å². The van der Waals surface area contributed by atoms with Gasteiger partial charge in [0.25, 0.3) is 0 Å². The summed E-state index contributed by atoms with van der Waals surface area (Å²) in [5.41, 5.74) is 2.18. The Labute approximate surface area is 165 Å². The highest BCUT2D eigenvalue weighted by Gasteiger charge is 2.27. The number of aryl methyl sites for hydroxylation is 1. The van der Waals surface area contributed by atoms with Crippen LogP contribution in [-0.4, -0.2) is 31.8 Å². The molecule has 0 unspecified atom stereocenters. The smallest absolute Gasteiger partial charge is 0.338 e. The van der Waals surface area contributed by atoms with Crippen LogP contribution in [0.15, 0.2) is 47.4 Å². The van der Waals surface area contributed by atoms with Crippen molar-refractivity contribution < 1.29 is 17.9 Å². The van der Waals surface area contributed by atoms with E-state index in [0.29, 0.717) is 24.2 Å². The number of hydrogen-bond donors (Lipinski definition) is 0. The fourth-order valence-corrected chi connectivity index (χ4v) is 4.68. The summed E-state index contributed by atoms with van der Waals surface area (Å²) >= 11 is 0. The number of nitriles is 1. The summed E-state index contributed by atoms with van der Waals surface area (Å²) in [6.45, 7) is 2.81. The number of carbonyl (C=O) groups excluding carboxylic acids is 1. The van der Waals surface area contributed by atoms with Crippen LogP contribution in [0.2, 0.25) is 0 Å². The molecule has 28 heavy (non-hydrogen) atoms. The number of rotatable bonds is 5. The molecule has 0 atom stereocenters. The number of ether oxygens (including phenoxy) is 1. The van der Waals surface area contributed by atoms with Gasteiger partial charge in [0.2, 0.25) is 10.0 Å². The second-order valence-corrected chi connectivity index (χ2v) is 8.76. The van der Waals surface area contributed by atoms with Gasteiger partial charge in [0.1, 0.15) is 6.61 Å². The lowest BCUT2D eigenvalue weighted by Crippen LogP contribution is -2.35. The van der Waals surface area contributed by atoms with Crippen LogP contribution >= 0.6 is 0 Å². The van der Waals surface area contributed by atoms with E-state index in [1.54, 1.807) is 37.3 Å². The molecule has 1 heterocycles. The molecule has 1 aliphatic heterocycles. The SMILES string of the molecule is Cc1ccc(S(=O)(=O)N2CCCCC2)cc1C(=O)OCc1ccc(C#N)cc1. The fourth-order valence-electron chi connectivity index (χ4n) is 3.14. The molecule has 1 aliphatic rings. The highest BCUT2D eigenvalue weighted by Crippen LogP contribution is 2.23. The molecule has 6 nitrogen and oxygen atoms in total. The van der Waals surface area contributed by atoms with Crippen molar-refractivity contribution in [1.29, 1.82) is 5.26 Å². The molecule has 3 rings (SSSR count). The van der Waals surface area contributed by atoms with E-state index < -0.39 is 16.0 Å². The third-order valence-corrected chi connectivity index (χ3v) is 6.73. The summed E-state index contributed by atoms with van der Waals surface area (Å²) in [6, 6.07) is 13.3. The van der Waals surface area contributed by atoms with E-state index in [0.717, 1.165) is 24.8 Å². The molecule has 7 heteroatoms. The number of hydrogen-bond acceptors (Lipinski definition) is 5. The van der Waals surface area contributed by atoms with Gasteiger partial charge in [-0.2, -0.15) is 9.57 Å². The molecular weight excluding hydrogens is 376 g/mol. The second kappa shape index (κ2) is 8.55. The summed E-state index contributed by atoms with van der Waals surface area (Å²) < 4.78 is 32.6. The van der Waals surface area contributed by atoms with Gasteiger partial charge in [-0.15, -0.1) is 0 Å². The monoisotopic (exact) mass is 398 g/mol.